The second-order valence-corrected chi connectivity index (χ2v) is 17.7. The fourth-order valence-electron chi connectivity index (χ4n) is 5.19. The van der Waals surface area contributed by atoms with E-state index in [9.17, 15) is 0 Å². The van der Waals surface area contributed by atoms with E-state index in [1.807, 2.05) is 42.6 Å². The first-order chi connectivity index (χ1) is 23.1. The van der Waals surface area contributed by atoms with Crippen LogP contribution in [0.1, 0.15) is 71.0 Å². The van der Waals surface area contributed by atoms with Crippen LogP contribution in [-0.2, 0) is 25.5 Å². The zero-order valence-electron chi connectivity index (χ0n) is 33.2. The smallest absolute Gasteiger partial charge is 0.118 e. The van der Waals surface area contributed by atoms with Crippen LogP contribution in [0.2, 0.25) is 19.6 Å². The minimum absolute atomic E-state index is 0. The Morgan fingerprint density at radius 2 is 1.66 bits per heavy atom. The van der Waals surface area contributed by atoms with E-state index in [0.29, 0.717) is 28.1 Å². The van der Waals surface area contributed by atoms with E-state index in [4.69, 9.17) is 14.3 Å². The number of hydrogen-bond donors (Lipinski definition) is 0. The van der Waals surface area contributed by atoms with Crippen molar-refractivity contribution in [2.45, 2.75) is 72.3 Å². The molecule has 0 N–H and O–H groups in total. The molecule has 0 saturated heterocycles. The first kappa shape index (κ1) is 24.9. The molecule has 0 aliphatic carbocycles. The molecule has 229 valence electrons. The molecule has 3 nitrogen and oxygen atoms in total. The molecule has 0 unspecified atom stereocenters. The normalized spacial score (nSPS) is 16.2. The zero-order valence-corrected chi connectivity index (χ0v) is 29.6. The Bertz CT molecular complexity index is 1940. The molecule has 1 aliphatic heterocycles. The van der Waals surface area contributed by atoms with E-state index in [1.54, 1.807) is 32.0 Å². The zero-order chi connectivity index (χ0) is 36.9. The maximum atomic E-state index is 8.48. The van der Waals surface area contributed by atoms with Crippen LogP contribution in [0, 0.1) is 25.8 Å². The number of nitrogens with zero attached hydrogens (tertiary/aromatic N) is 2. The van der Waals surface area contributed by atoms with Crippen molar-refractivity contribution in [2.24, 2.45) is 0 Å². The SMILES string of the molecule is [2H]C([2H])([2H])c1c[c-]c(-c2ccc([Si](C)(C)C)cn2)cc1.[2H]C([2H])([2H])c1cnc(-c2[c-]ccc3c2Oc2ccccc2C3(C)C)cc1C([2H])(C)C.[Ir]. The Morgan fingerprint density at radius 1 is 0.886 bits per heavy atom. The molecule has 5 aromatic rings. The van der Waals surface area contributed by atoms with Gasteiger partial charge in [-0.25, -0.2) is 0 Å². The Labute approximate surface area is 288 Å². The number of ether oxygens (including phenoxy) is 1. The van der Waals surface area contributed by atoms with E-state index >= 15 is 0 Å². The second kappa shape index (κ2) is 13.3. The molecule has 2 aromatic heterocycles. The minimum atomic E-state index is -2.34. The van der Waals surface area contributed by atoms with Crippen molar-refractivity contribution in [3.8, 4) is 34.0 Å². The molecule has 3 heterocycles. The molecule has 6 rings (SSSR count). The molecular weight excluding hydrogens is 733 g/mol. The van der Waals surface area contributed by atoms with Crippen molar-refractivity contribution in [1.29, 1.82) is 0 Å². The number of aromatic nitrogens is 2. The molecule has 5 heteroatoms. The summed E-state index contributed by atoms with van der Waals surface area (Å²) in [4.78, 5) is 8.92. The topological polar surface area (TPSA) is 35.0 Å². The minimum Gasteiger partial charge on any atom is -0.501 e. The summed E-state index contributed by atoms with van der Waals surface area (Å²) in [5, 5.41) is 1.31. The molecule has 3 aromatic carbocycles. The number of benzene rings is 3. The van der Waals surface area contributed by atoms with E-state index in [0.717, 1.165) is 28.1 Å². The Morgan fingerprint density at radius 3 is 2.30 bits per heavy atom. The van der Waals surface area contributed by atoms with Crippen LogP contribution >= 0.6 is 0 Å². The van der Waals surface area contributed by atoms with Crippen molar-refractivity contribution in [1.82, 2.24) is 9.97 Å². The summed E-state index contributed by atoms with van der Waals surface area (Å²) in [5.41, 5.74) is 5.53. The van der Waals surface area contributed by atoms with Gasteiger partial charge < -0.3 is 14.7 Å². The van der Waals surface area contributed by atoms with E-state index < -0.39 is 27.7 Å². The number of aryl methyl sites for hydroxylation is 2. The molecular formula is C39H42IrN2OSi-2. The van der Waals surface area contributed by atoms with Gasteiger partial charge in [0.2, 0.25) is 0 Å². The predicted molar refractivity (Wildman–Crippen MR) is 182 cm³/mol. The van der Waals surface area contributed by atoms with Gasteiger partial charge in [-0.15, -0.1) is 53.6 Å². The fraction of sp³-hybridized carbons (Fsp3) is 0.282. The number of para-hydroxylation sites is 1. The summed E-state index contributed by atoms with van der Waals surface area (Å²) < 4.78 is 60.3. The molecule has 0 amide bonds. The monoisotopic (exact) mass is 782 g/mol. The summed E-state index contributed by atoms with van der Waals surface area (Å²) in [6, 6.07) is 28.7. The van der Waals surface area contributed by atoms with Crippen LogP contribution < -0.4 is 9.92 Å². The molecule has 0 saturated carbocycles. The van der Waals surface area contributed by atoms with Gasteiger partial charge in [0.15, 0.2) is 0 Å². The predicted octanol–water partition coefficient (Wildman–Crippen LogP) is 9.81. The van der Waals surface area contributed by atoms with Gasteiger partial charge in [-0.2, -0.15) is 0 Å². The number of rotatable bonds is 4. The number of fused-ring (bicyclic) bond motifs is 2. The summed E-state index contributed by atoms with van der Waals surface area (Å²) in [5.74, 6) is 0.364. The van der Waals surface area contributed by atoms with Crippen LogP contribution in [0.5, 0.6) is 11.5 Å². The Kier molecular flexibility index (Phi) is 7.53. The first-order valence-electron chi connectivity index (χ1n) is 17.9. The van der Waals surface area contributed by atoms with Gasteiger partial charge in [-0.1, -0.05) is 102 Å². The van der Waals surface area contributed by atoms with Crippen LogP contribution in [0.15, 0.2) is 85.2 Å². The van der Waals surface area contributed by atoms with E-state index in [-0.39, 0.29) is 31.1 Å². The van der Waals surface area contributed by atoms with Crippen LogP contribution in [0.4, 0.5) is 0 Å². The molecule has 1 aliphatic rings. The third kappa shape index (κ3) is 6.96. The summed E-state index contributed by atoms with van der Waals surface area (Å²) >= 11 is 0. The summed E-state index contributed by atoms with van der Waals surface area (Å²) in [6.45, 7) is 10.1. The quantitative estimate of drug-likeness (QED) is 0.135. The average molecular weight is 782 g/mol. The summed E-state index contributed by atoms with van der Waals surface area (Å²) in [6.07, 6.45) is 3.29. The van der Waals surface area contributed by atoms with Crippen molar-refractivity contribution in [3.05, 3.63) is 125 Å². The van der Waals surface area contributed by atoms with Crippen molar-refractivity contribution in [2.75, 3.05) is 0 Å². The van der Waals surface area contributed by atoms with Crippen molar-refractivity contribution < 1.29 is 34.4 Å². The van der Waals surface area contributed by atoms with Gasteiger partial charge in [0.1, 0.15) is 5.75 Å². The van der Waals surface area contributed by atoms with E-state index in [1.165, 1.54) is 17.4 Å². The van der Waals surface area contributed by atoms with Gasteiger partial charge in [-0.3, -0.25) is 0 Å². The van der Waals surface area contributed by atoms with Gasteiger partial charge in [0, 0.05) is 58.8 Å². The molecule has 0 spiro atoms. The number of pyridine rings is 2. The molecule has 44 heavy (non-hydrogen) atoms. The third-order valence-electron chi connectivity index (χ3n) is 7.81. The standard InChI is InChI=1S/C24H24NO.C15H18NSi.Ir/c1-15(2)18-13-21(25-14-16(18)3)17-9-8-11-20-23(17)26-22-12-7-6-10-19(22)24(20,4)5;1-12-5-7-13(8-6-12)15-10-9-14(11-16-15)17(2,3)4;/h6-8,10-15H,1-5H3;5-7,9-11H,1-4H3;/q2*-1;/i3D3,15D;1D3;. The average Bonchev–Trinajstić information content (AvgIpc) is 3.03. The van der Waals surface area contributed by atoms with Gasteiger partial charge in [0.25, 0.3) is 0 Å². The third-order valence-corrected chi connectivity index (χ3v) is 9.84. The van der Waals surface area contributed by atoms with Gasteiger partial charge >= 0.3 is 0 Å². The first-order valence-corrected chi connectivity index (χ1v) is 17.9. The molecule has 0 bridgehead atoms. The fourth-order valence-corrected chi connectivity index (χ4v) is 6.22. The van der Waals surface area contributed by atoms with Gasteiger partial charge in [0.05, 0.1) is 8.07 Å². The molecule has 1 radical (unpaired) electrons. The van der Waals surface area contributed by atoms with Crippen LogP contribution in [-0.4, -0.2) is 18.0 Å². The van der Waals surface area contributed by atoms with Crippen molar-refractivity contribution >= 4 is 13.3 Å². The Balaban J connectivity index is 0.000000243. The Hall–Kier alpha value is -3.37. The second-order valence-electron chi connectivity index (χ2n) is 12.6. The van der Waals surface area contributed by atoms with Crippen LogP contribution in [0.3, 0.4) is 0 Å². The van der Waals surface area contributed by atoms with Gasteiger partial charge in [-0.05, 0) is 46.5 Å². The van der Waals surface area contributed by atoms with Crippen molar-refractivity contribution in [3.63, 3.8) is 0 Å². The maximum absolute atomic E-state index is 8.48. The van der Waals surface area contributed by atoms with Crippen LogP contribution in [0.25, 0.3) is 22.5 Å². The molecule has 0 atom stereocenters. The van der Waals surface area contributed by atoms with E-state index in [2.05, 4.69) is 67.7 Å². The largest absolute Gasteiger partial charge is 0.501 e. The summed E-state index contributed by atoms with van der Waals surface area (Å²) in [7, 11) is -1.34. The maximum Gasteiger partial charge on any atom is 0.118 e. The number of hydrogen-bond acceptors (Lipinski definition) is 3. The molecule has 0 fully saturated rings.